The van der Waals surface area contributed by atoms with Gasteiger partial charge in [-0.2, -0.15) is 11.8 Å². The van der Waals surface area contributed by atoms with E-state index in [0.29, 0.717) is 0 Å². The van der Waals surface area contributed by atoms with E-state index in [0.717, 1.165) is 22.3 Å². The van der Waals surface area contributed by atoms with Crippen LogP contribution in [0.15, 0.2) is 0 Å². The highest BCUT2D eigenvalue weighted by Gasteiger charge is 2.36. The van der Waals surface area contributed by atoms with Crippen LogP contribution in [0.4, 0.5) is 0 Å². The van der Waals surface area contributed by atoms with Crippen LogP contribution in [0.5, 0.6) is 0 Å². The molecule has 0 spiro atoms. The first kappa shape index (κ1) is 9.44. The van der Waals surface area contributed by atoms with Crippen LogP contribution in [0.1, 0.15) is 40.5 Å². The van der Waals surface area contributed by atoms with Gasteiger partial charge in [-0.1, -0.05) is 34.1 Å². The SMILES string of the molecule is CCC1CC1SC(C)C(C)C. The Bertz CT molecular complexity index is 120. The van der Waals surface area contributed by atoms with Crippen LogP contribution in [0.2, 0.25) is 0 Å². The monoisotopic (exact) mass is 172 g/mol. The summed E-state index contributed by atoms with van der Waals surface area (Å²) in [6.07, 6.45) is 2.88. The van der Waals surface area contributed by atoms with Gasteiger partial charge in [-0.05, 0) is 18.3 Å². The summed E-state index contributed by atoms with van der Waals surface area (Å²) in [5, 5.41) is 1.87. The molecular formula is C10H20S. The minimum absolute atomic E-state index is 0.845. The third-order valence-corrected chi connectivity index (χ3v) is 4.61. The lowest BCUT2D eigenvalue weighted by Gasteiger charge is -2.14. The zero-order chi connectivity index (χ0) is 8.43. The molecule has 0 aromatic rings. The summed E-state index contributed by atoms with van der Waals surface area (Å²) in [5.41, 5.74) is 0. The van der Waals surface area contributed by atoms with Gasteiger partial charge in [0.25, 0.3) is 0 Å². The first-order valence-electron chi connectivity index (χ1n) is 4.80. The molecule has 0 saturated heterocycles. The lowest BCUT2D eigenvalue weighted by Crippen LogP contribution is -2.07. The van der Waals surface area contributed by atoms with Crippen molar-refractivity contribution >= 4 is 11.8 Å². The van der Waals surface area contributed by atoms with Crippen molar-refractivity contribution in [2.75, 3.05) is 0 Å². The lowest BCUT2D eigenvalue weighted by molar-refractivity contribution is 0.641. The molecule has 0 aromatic heterocycles. The fraction of sp³-hybridized carbons (Fsp3) is 1.00. The molecule has 1 fully saturated rings. The molecule has 66 valence electrons. The summed E-state index contributed by atoms with van der Waals surface area (Å²) >= 11 is 2.21. The highest BCUT2D eigenvalue weighted by Crippen LogP contribution is 2.46. The van der Waals surface area contributed by atoms with Crippen molar-refractivity contribution in [3.05, 3.63) is 0 Å². The molecular weight excluding hydrogens is 152 g/mol. The van der Waals surface area contributed by atoms with E-state index in [4.69, 9.17) is 0 Å². The van der Waals surface area contributed by atoms with Gasteiger partial charge in [0.2, 0.25) is 0 Å². The maximum absolute atomic E-state index is 2.36. The second-order valence-electron chi connectivity index (χ2n) is 4.03. The van der Waals surface area contributed by atoms with Crippen LogP contribution in [0.25, 0.3) is 0 Å². The summed E-state index contributed by atoms with van der Waals surface area (Å²) in [5.74, 6) is 1.90. The molecule has 11 heavy (non-hydrogen) atoms. The second kappa shape index (κ2) is 3.84. The Morgan fingerprint density at radius 2 is 2.00 bits per heavy atom. The fourth-order valence-corrected chi connectivity index (χ4v) is 2.89. The van der Waals surface area contributed by atoms with E-state index in [2.05, 4.69) is 39.5 Å². The van der Waals surface area contributed by atoms with Gasteiger partial charge >= 0.3 is 0 Å². The van der Waals surface area contributed by atoms with Crippen molar-refractivity contribution < 1.29 is 0 Å². The molecule has 3 atom stereocenters. The van der Waals surface area contributed by atoms with Gasteiger partial charge in [-0.25, -0.2) is 0 Å². The molecule has 0 N–H and O–H groups in total. The topological polar surface area (TPSA) is 0 Å². The smallest absolute Gasteiger partial charge is 0.00814 e. The highest BCUT2D eigenvalue weighted by atomic mass is 32.2. The van der Waals surface area contributed by atoms with E-state index < -0.39 is 0 Å². The van der Waals surface area contributed by atoms with E-state index in [1.807, 2.05) is 0 Å². The molecule has 1 saturated carbocycles. The Kier molecular flexibility index (Phi) is 3.29. The maximum Gasteiger partial charge on any atom is 0.00814 e. The van der Waals surface area contributed by atoms with E-state index in [1.165, 1.54) is 12.8 Å². The average Bonchev–Trinajstić information content (AvgIpc) is 2.67. The molecule has 0 aromatic carbocycles. The van der Waals surface area contributed by atoms with Crippen LogP contribution in [-0.2, 0) is 0 Å². The molecule has 1 aliphatic carbocycles. The zero-order valence-corrected chi connectivity index (χ0v) is 8.95. The van der Waals surface area contributed by atoms with Crippen LogP contribution in [0, 0.1) is 11.8 Å². The fourth-order valence-electron chi connectivity index (χ4n) is 1.25. The first-order chi connectivity index (χ1) is 5.15. The quantitative estimate of drug-likeness (QED) is 0.625. The van der Waals surface area contributed by atoms with Crippen molar-refractivity contribution in [3.63, 3.8) is 0 Å². The van der Waals surface area contributed by atoms with Crippen molar-refractivity contribution in [2.24, 2.45) is 11.8 Å². The molecule has 0 aliphatic heterocycles. The summed E-state index contributed by atoms with van der Waals surface area (Å²) in [6.45, 7) is 9.31. The minimum atomic E-state index is 0.845. The summed E-state index contributed by atoms with van der Waals surface area (Å²) in [4.78, 5) is 0. The normalized spacial score (nSPS) is 32.5. The molecule has 0 nitrogen and oxygen atoms in total. The third-order valence-electron chi connectivity index (χ3n) is 2.71. The summed E-state index contributed by atoms with van der Waals surface area (Å²) in [7, 11) is 0. The number of thioether (sulfide) groups is 1. The molecule has 0 radical (unpaired) electrons. The Labute approximate surface area is 75.1 Å². The van der Waals surface area contributed by atoms with Crippen molar-refractivity contribution in [1.29, 1.82) is 0 Å². The highest BCUT2D eigenvalue weighted by molar-refractivity contribution is 8.00. The lowest BCUT2D eigenvalue weighted by atomic mass is 10.2. The van der Waals surface area contributed by atoms with Crippen LogP contribution >= 0.6 is 11.8 Å². The predicted molar refractivity (Wildman–Crippen MR) is 54.1 cm³/mol. The van der Waals surface area contributed by atoms with Gasteiger partial charge in [-0.15, -0.1) is 0 Å². The number of hydrogen-bond donors (Lipinski definition) is 0. The van der Waals surface area contributed by atoms with Gasteiger partial charge in [0.05, 0.1) is 0 Å². The molecule has 0 amide bonds. The standard InChI is InChI=1S/C10H20S/c1-5-9-6-10(9)11-8(4)7(2)3/h7-10H,5-6H2,1-4H3. The summed E-state index contributed by atoms with van der Waals surface area (Å²) < 4.78 is 0. The number of rotatable bonds is 4. The zero-order valence-electron chi connectivity index (χ0n) is 8.13. The van der Waals surface area contributed by atoms with Crippen LogP contribution in [0.3, 0.4) is 0 Å². The van der Waals surface area contributed by atoms with Gasteiger partial charge in [0.1, 0.15) is 0 Å². The van der Waals surface area contributed by atoms with E-state index in [1.54, 1.807) is 0 Å². The molecule has 1 aliphatic rings. The molecule has 3 unspecified atom stereocenters. The Morgan fingerprint density at radius 1 is 1.36 bits per heavy atom. The van der Waals surface area contributed by atoms with Crippen LogP contribution in [-0.4, -0.2) is 10.5 Å². The van der Waals surface area contributed by atoms with Gasteiger partial charge in [0, 0.05) is 10.5 Å². The molecule has 0 heterocycles. The van der Waals surface area contributed by atoms with Gasteiger partial charge in [0.15, 0.2) is 0 Å². The summed E-state index contributed by atoms with van der Waals surface area (Å²) in [6, 6.07) is 0. The van der Waals surface area contributed by atoms with E-state index in [-0.39, 0.29) is 0 Å². The van der Waals surface area contributed by atoms with Crippen LogP contribution < -0.4 is 0 Å². The Balaban J connectivity index is 2.13. The molecule has 0 bridgehead atoms. The third kappa shape index (κ3) is 2.70. The minimum Gasteiger partial charge on any atom is -0.155 e. The van der Waals surface area contributed by atoms with Gasteiger partial charge in [-0.3, -0.25) is 0 Å². The molecule has 1 rings (SSSR count). The van der Waals surface area contributed by atoms with Crippen molar-refractivity contribution in [1.82, 2.24) is 0 Å². The first-order valence-corrected chi connectivity index (χ1v) is 5.74. The maximum atomic E-state index is 2.36. The average molecular weight is 172 g/mol. The van der Waals surface area contributed by atoms with E-state index in [9.17, 15) is 0 Å². The largest absolute Gasteiger partial charge is 0.155 e. The van der Waals surface area contributed by atoms with Gasteiger partial charge < -0.3 is 0 Å². The second-order valence-corrected chi connectivity index (χ2v) is 5.65. The van der Waals surface area contributed by atoms with Crippen molar-refractivity contribution in [2.45, 2.75) is 51.0 Å². The Hall–Kier alpha value is 0.350. The predicted octanol–water partition coefficient (Wildman–Crippen LogP) is 3.56. The molecule has 1 heteroatoms. The number of hydrogen-bond acceptors (Lipinski definition) is 1. The Morgan fingerprint density at radius 3 is 2.36 bits per heavy atom. The van der Waals surface area contributed by atoms with E-state index >= 15 is 0 Å². The van der Waals surface area contributed by atoms with Crippen molar-refractivity contribution in [3.8, 4) is 0 Å².